The van der Waals surface area contributed by atoms with Crippen LogP contribution in [0.1, 0.15) is 73.4 Å². The van der Waals surface area contributed by atoms with Crippen molar-refractivity contribution in [2.75, 3.05) is 0 Å². The highest BCUT2D eigenvalue weighted by atomic mass is 28.1. The molecule has 0 aromatic heterocycles. The Morgan fingerprint density at radius 2 is 1.22 bits per heavy atom. The molecular weight excluding hydrogens is 356 g/mol. The second kappa shape index (κ2) is 7.68. The van der Waals surface area contributed by atoms with Crippen molar-refractivity contribution in [2.24, 2.45) is 0 Å². The fourth-order valence-electron chi connectivity index (χ4n) is 2.63. The van der Waals surface area contributed by atoms with Crippen molar-refractivity contribution in [1.29, 1.82) is 0 Å². The van der Waals surface area contributed by atoms with Crippen LogP contribution in [0.15, 0.2) is 42.5 Å². The van der Waals surface area contributed by atoms with Crippen molar-refractivity contribution in [2.45, 2.75) is 52.4 Å². The van der Waals surface area contributed by atoms with Gasteiger partial charge in [0, 0.05) is 10.2 Å². The van der Waals surface area contributed by atoms with Crippen molar-refractivity contribution in [3.05, 3.63) is 64.7 Å². The lowest BCUT2D eigenvalue weighted by Gasteiger charge is -2.20. The van der Waals surface area contributed by atoms with E-state index in [4.69, 9.17) is 9.78 Å². The Kier molecular flexibility index (Phi) is 5.95. The molecule has 0 N–H and O–H groups in total. The lowest BCUT2D eigenvalue weighted by atomic mass is 9.86. The van der Waals surface area contributed by atoms with Crippen LogP contribution in [0.25, 0.3) is 0 Å². The zero-order valence-corrected chi connectivity index (χ0v) is 19.2. The van der Waals surface area contributed by atoms with E-state index in [1.54, 1.807) is 18.2 Å². The van der Waals surface area contributed by atoms with E-state index >= 15 is 0 Å². The average Bonchev–Trinajstić information content (AvgIpc) is 2.57. The summed E-state index contributed by atoms with van der Waals surface area (Å²) < 4.78 is 0. The number of benzene rings is 2. The van der Waals surface area contributed by atoms with Gasteiger partial charge in [0.15, 0.2) is 0 Å². The molecule has 2 aromatic rings. The summed E-state index contributed by atoms with van der Waals surface area (Å²) >= 11 is 0. The van der Waals surface area contributed by atoms with Gasteiger partial charge in [0.25, 0.3) is 0 Å². The first-order valence-corrected chi connectivity index (χ1v) is 10.0. The van der Waals surface area contributed by atoms with Crippen LogP contribution >= 0.6 is 0 Å². The van der Waals surface area contributed by atoms with Gasteiger partial charge in [-0.05, 0) is 40.2 Å². The van der Waals surface area contributed by atoms with Crippen LogP contribution in [0.5, 0.6) is 0 Å². The molecule has 4 nitrogen and oxygen atoms in total. The van der Waals surface area contributed by atoms with Crippen LogP contribution in [0.2, 0.25) is 0 Å². The maximum absolute atomic E-state index is 12.3. The number of carbonyl (C=O) groups excluding carboxylic acids is 2. The molecule has 0 aliphatic carbocycles. The van der Waals surface area contributed by atoms with Gasteiger partial charge >= 0.3 is 11.9 Å². The third-order valence-corrected chi connectivity index (χ3v) is 5.32. The minimum absolute atomic E-state index is 0.00443. The summed E-state index contributed by atoms with van der Waals surface area (Å²) in [7, 11) is 0.688. The van der Waals surface area contributed by atoms with Gasteiger partial charge in [-0.3, -0.25) is 0 Å². The van der Waals surface area contributed by atoms with Gasteiger partial charge in [-0.1, -0.05) is 71.0 Å². The summed E-state index contributed by atoms with van der Waals surface area (Å²) in [6.45, 7) is 12.6. The van der Waals surface area contributed by atoms with Gasteiger partial charge in [-0.2, -0.15) is 0 Å². The predicted octanol–water partition coefficient (Wildman–Crippen LogP) is 3.20. The van der Waals surface area contributed by atoms with Crippen LogP contribution < -0.4 is 5.19 Å². The SMILES string of the molecule is CC(C)(C)c1ccc(C(=O)OOC(=O)c2ccc(C(C)(C)C)cc2[SiH3])cc1. The zero-order chi connectivity index (χ0) is 20.4. The van der Waals surface area contributed by atoms with E-state index in [-0.39, 0.29) is 10.8 Å². The Morgan fingerprint density at radius 3 is 1.70 bits per heavy atom. The molecule has 144 valence electrons. The molecule has 0 spiro atoms. The van der Waals surface area contributed by atoms with Crippen molar-refractivity contribution < 1.29 is 19.4 Å². The maximum Gasteiger partial charge on any atom is 0.386 e. The molecule has 27 heavy (non-hydrogen) atoms. The molecule has 0 atom stereocenters. The van der Waals surface area contributed by atoms with Crippen LogP contribution in [-0.2, 0) is 20.6 Å². The van der Waals surface area contributed by atoms with Gasteiger partial charge < -0.3 is 0 Å². The van der Waals surface area contributed by atoms with Crippen LogP contribution in [0.3, 0.4) is 0 Å². The van der Waals surface area contributed by atoms with E-state index in [1.165, 1.54) is 0 Å². The highest BCUT2D eigenvalue weighted by Crippen LogP contribution is 2.23. The maximum atomic E-state index is 12.3. The summed E-state index contributed by atoms with van der Waals surface area (Å²) in [6.07, 6.45) is 0. The molecular formula is C22H28O4Si. The van der Waals surface area contributed by atoms with Crippen LogP contribution in [0, 0.1) is 0 Å². The highest BCUT2D eigenvalue weighted by Gasteiger charge is 2.20. The van der Waals surface area contributed by atoms with Crippen molar-refractivity contribution >= 4 is 27.4 Å². The number of hydrogen-bond donors (Lipinski definition) is 0. The van der Waals surface area contributed by atoms with Gasteiger partial charge in [-0.25, -0.2) is 19.4 Å². The van der Waals surface area contributed by atoms with Gasteiger partial charge in [0.1, 0.15) is 0 Å². The van der Waals surface area contributed by atoms with Crippen LogP contribution in [-0.4, -0.2) is 22.2 Å². The van der Waals surface area contributed by atoms with Gasteiger partial charge in [0.2, 0.25) is 0 Å². The molecule has 0 aliphatic rings. The fourth-order valence-corrected chi connectivity index (χ4v) is 3.32. The number of hydrogen-bond acceptors (Lipinski definition) is 4. The molecule has 0 saturated carbocycles. The van der Waals surface area contributed by atoms with Crippen LogP contribution in [0.4, 0.5) is 0 Å². The first kappa shape index (κ1) is 20.9. The molecule has 0 bridgehead atoms. The molecule has 0 amide bonds. The van der Waals surface area contributed by atoms with Gasteiger partial charge in [0.05, 0.1) is 11.1 Å². The molecule has 0 saturated heterocycles. The molecule has 2 aromatic carbocycles. The second-order valence-electron chi connectivity index (χ2n) is 8.85. The standard InChI is InChI=1S/C22H28O4Si/c1-21(2,3)15-9-7-14(8-10-15)19(23)25-26-20(24)17-12-11-16(13-18(17)27)22(4,5)6/h7-13H,1-6,27H3. The van der Waals surface area contributed by atoms with Crippen molar-refractivity contribution in [1.82, 2.24) is 0 Å². The molecule has 0 unspecified atom stereocenters. The fraction of sp³-hybridized carbons (Fsp3) is 0.364. The molecule has 2 rings (SSSR count). The Labute approximate surface area is 164 Å². The summed E-state index contributed by atoms with van der Waals surface area (Å²) in [5.41, 5.74) is 3.04. The monoisotopic (exact) mass is 384 g/mol. The largest absolute Gasteiger partial charge is 0.386 e. The summed E-state index contributed by atoms with van der Waals surface area (Å²) in [5.74, 6) is -1.34. The normalized spacial score (nSPS) is 11.9. The molecule has 0 aliphatic heterocycles. The third-order valence-electron chi connectivity index (χ3n) is 4.49. The Hall–Kier alpha value is -2.40. The molecule has 0 fully saturated rings. The first-order valence-electron chi connectivity index (χ1n) is 9.04. The Morgan fingerprint density at radius 1 is 0.741 bits per heavy atom. The number of carbonyl (C=O) groups is 2. The summed E-state index contributed by atoms with van der Waals surface area (Å²) in [5, 5.41) is 0.915. The lowest BCUT2D eigenvalue weighted by molar-refractivity contribution is -0.187. The average molecular weight is 385 g/mol. The first-order chi connectivity index (χ1) is 12.4. The smallest absolute Gasteiger partial charge is 0.242 e. The lowest BCUT2D eigenvalue weighted by Crippen LogP contribution is -2.22. The minimum atomic E-state index is -0.690. The quantitative estimate of drug-likeness (QED) is 0.453. The highest BCUT2D eigenvalue weighted by molar-refractivity contribution is 6.36. The third kappa shape index (κ3) is 5.29. The van der Waals surface area contributed by atoms with E-state index < -0.39 is 11.9 Å². The minimum Gasteiger partial charge on any atom is -0.242 e. The van der Waals surface area contributed by atoms with E-state index in [2.05, 4.69) is 41.5 Å². The Bertz CT molecular complexity index is 840. The zero-order valence-electron chi connectivity index (χ0n) is 17.2. The van der Waals surface area contributed by atoms with Gasteiger partial charge in [-0.15, -0.1) is 0 Å². The second-order valence-corrected chi connectivity index (χ2v) is 9.93. The topological polar surface area (TPSA) is 52.6 Å². The Balaban J connectivity index is 2.04. The van der Waals surface area contributed by atoms with E-state index in [9.17, 15) is 9.59 Å². The molecule has 5 heteroatoms. The predicted molar refractivity (Wildman–Crippen MR) is 111 cm³/mol. The van der Waals surface area contributed by atoms with Crippen molar-refractivity contribution in [3.8, 4) is 0 Å². The van der Waals surface area contributed by atoms with E-state index in [1.807, 2.05) is 24.3 Å². The molecule has 0 heterocycles. The number of rotatable bonds is 2. The molecule has 0 radical (unpaired) electrons. The van der Waals surface area contributed by atoms with Crippen molar-refractivity contribution in [3.63, 3.8) is 0 Å². The van der Waals surface area contributed by atoms with E-state index in [0.29, 0.717) is 21.4 Å². The van der Waals surface area contributed by atoms with E-state index in [0.717, 1.165) is 16.3 Å². The summed E-state index contributed by atoms with van der Waals surface area (Å²) in [6, 6.07) is 12.7. The summed E-state index contributed by atoms with van der Waals surface area (Å²) in [4.78, 5) is 33.9.